The third-order valence-electron chi connectivity index (χ3n) is 7.61. The van der Waals surface area contributed by atoms with Crippen molar-refractivity contribution in [2.24, 2.45) is 0 Å². The van der Waals surface area contributed by atoms with Gasteiger partial charge in [0.2, 0.25) is 0 Å². The molecule has 2 aromatic rings. The van der Waals surface area contributed by atoms with Crippen molar-refractivity contribution in [1.82, 2.24) is 0 Å². The first kappa shape index (κ1) is 37.8. The third-order valence-corrected chi connectivity index (χ3v) is 14.3. The summed E-state index contributed by atoms with van der Waals surface area (Å²) in [7, 11) is 21.9. The molecule has 0 unspecified atom stereocenters. The topological polar surface area (TPSA) is 18.5 Å². The van der Waals surface area contributed by atoms with Gasteiger partial charge in [-0.25, -0.2) is 0 Å². The van der Waals surface area contributed by atoms with Gasteiger partial charge in [0.1, 0.15) is 0 Å². The van der Waals surface area contributed by atoms with Crippen LogP contribution in [-0.2, 0) is 45.9 Å². The van der Waals surface area contributed by atoms with Crippen molar-refractivity contribution in [2.75, 3.05) is 0 Å². The first-order valence-electron chi connectivity index (χ1n) is 15.1. The fourth-order valence-electron chi connectivity index (χ4n) is 4.85. The van der Waals surface area contributed by atoms with E-state index in [-0.39, 0.29) is 32.5 Å². The van der Waals surface area contributed by atoms with Crippen LogP contribution in [0, 0.1) is 0 Å². The number of benzene rings is 2. The zero-order chi connectivity index (χ0) is 33.3. The van der Waals surface area contributed by atoms with Gasteiger partial charge in [0, 0.05) is 0 Å². The van der Waals surface area contributed by atoms with Gasteiger partial charge >= 0.3 is 274 Å². The zero-order valence-corrected chi connectivity index (χ0v) is 35.2. The van der Waals surface area contributed by atoms with Crippen LogP contribution in [0.3, 0.4) is 0 Å². The minimum atomic E-state index is -6.03. The van der Waals surface area contributed by atoms with Crippen molar-refractivity contribution >= 4 is 27.6 Å². The van der Waals surface area contributed by atoms with Crippen LogP contribution in [0.25, 0.3) is 0 Å². The Kier molecular flexibility index (Phi) is 10.1. The Balaban J connectivity index is 2.98. The molecule has 0 aliphatic rings. The summed E-state index contributed by atoms with van der Waals surface area (Å²) in [6.07, 6.45) is 0. The molecule has 0 fully saturated rings. The van der Waals surface area contributed by atoms with E-state index in [4.69, 9.17) is 34.1 Å². The predicted molar refractivity (Wildman–Crippen MR) is 184 cm³/mol. The molecule has 0 atom stereocenters. The third kappa shape index (κ3) is 9.34. The van der Waals surface area contributed by atoms with E-state index < -0.39 is 13.4 Å². The van der Waals surface area contributed by atoms with Crippen molar-refractivity contribution in [3.05, 3.63) is 57.6 Å². The second-order valence-electron chi connectivity index (χ2n) is 18.2. The Bertz CT molecular complexity index is 1140. The van der Waals surface area contributed by atoms with Crippen LogP contribution < -0.4 is 6.49 Å². The molecule has 2 rings (SSSR count). The fourth-order valence-corrected chi connectivity index (χ4v) is 11.8. The average Bonchev–Trinajstić information content (AvgIpc) is 2.67. The molecular formula is C36H58Cl3O2Ta. The van der Waals surface area contributed by atoms with Crippen molar-refractivity contribution in [3.63, 3.8) is 0 Å². The van der Waals surface area contributed by atoms with Gasteiger partial charge < -0.3 is 0 Å². The van der Waals surface area contributed by atoms with Crippen LogP contribution in [0.15, 0.2) is 24.3 Å². The molecule has 0 aliphatic heterocycles. The van der Waals surface area contributed by atoms with E-state index in [0.717, 1.165) is 22.3 Å². The summed E-state index contributed by atoms with van der Waals surface area (Å²) >= 11 is -6.03. The van der Waals surface area contributed by atoms with Gasteiger partial charge in [-0.05, 0) is 0 Å². The number of rotatable bonds is 4. The van der Waals surface area contributed by atoms with E-state index in [9.17, 15) is 0 Å². The van der Waals surface area contributed by atoms with E-state index in [0.29, 0.717) is 11.5 Å². The maximum atomic E-state index is 7.31. The quantitative estimate of drug-likeness (QED) is 0.306. The molecule has 0 saturated carbocycles. The van der Waals surface area contributed by atoms with Crippen molar-refractivity contribution in [3.8, 4) is 11.5 Å². The van der Waals surface area contributed by atoms with Crippen LogP contribution in [0.5, 0.6) is 11.5 Å². The second-order valence-corrected chi connectivity index (χ2v) is 43.7. The van der Waals surface area contributed by atoms with E-state index in [1.807, 2.05) is 0 Å². The Hall–Kier alpha value is -0.350. The first-order chi connectivity index (χ1) is 18.1. The van der Waals surface area contributed by atoms with Crippen LogP contribution >= 0.6 is 27.6 Å². The Morgan fingerprint density at radius 3 is 0.714 bits per heavy atom. The minimum absolute atomic E-state index is 0.0612. The first-order valence-corrected chi connectivity index (χ1v) is 29.7. The van der Waals surface area contributed by atoms with Crippen molar-refractivity contribution < 1.29 is 19.9 Å². The molecule has 0 radical (unpaired) electrons. The number of halogens is 3. The van der Waals surface area contributed by atoms with Gasteiger partial charge in [-0.1, -0.05) is 0 Å². The number of hydrogen-bond acceptors (Lipinski definition) is 2. The Morgan fingerprint density at radius 1 is 0.381 bits per heavy atom. The van der Waals surface area contributed by atoms with Gasteiger partial charge in [-0.3, -0.25) is 0 Å². The molecule has 6 heteroatoms. The molecule has 2 aromatic carbocycles. The monoisotopic (exact) mass is 808 g/mol. The molecule has 42 heavy (non-hydrogen) atoms. The molecule has 0 spiro atoms. The van der Waals surface area contributed by atoms with Crippen LogP contribution in [0.4, 0.5) is 0 Å². The van der Waals surface area contributed by atoms with E-state index >= 15 is 0 Å². The Labute approximate surface area is 272 Å². The van der Waals surface area contributed by atoms with E-state index in [1.165, 1.54) is 11.1 Å². The SMILES string of the molecule is CC(C)(C)c1cc(C(C)(C)C)c([O][Ta]([Cl])([Cl])([Cl])[O]c2c(C(C)(C)C)cc(C(C)(C)C)cc2C(C)(C)C)c(C(C)(C)C)c1. The van der Waals surface area contributed by atoms with Gasteiger partial charge in [-0.15, -0.1) is 0 Å². The zero-order valence-electron chi connectivity index (χ0n) is 29.7. The van der Waals surface area contributed by atoms with Crippen LogP contribution in [0.1, 0.15) is 158 Å². The predicted octanol–water partition coefficient (Wildman–Crippen LogP) is 12.9. The second kappa shape index (κ2) is 11.2. The summed E-state index contributed by atoms with van der Waals surface area (Å²) in [5, 5.41) is 0. The maximum absolute atomic E-state index is 7.31. The summed E-state index contributed by atoms with van der Waals surface area (Å²) in [6, 6.07) is 8.89. The molecule has 0 heterocycles. The summed E-state index contributed by atoms with van der Waals surface area (Å²) in [5.41, 5.74) is 5.34. The van der Waals surface area contributed by atoms with Gasteiger partial charge in [0.25, 0.3) is 0 Å². The molecule has 0 aliphatic carbocycles. The number of hydrogen-bond donors (Lipinski definition) is 0. The molecule has 0 amide bonds. The van der Waals surface area contributed by atoms with Crippen molar-refractivity contribution in [2.45, 2.75) is 157 Å². The molecule has 0 aromatic heterocycles. The molecule has 0 N–H and O–H groups in total. The molecule has 2 nitrogen and oxygen atoms in total. The molecular weight excluding hydrogens is 752 g/mol. The molecule has 0 bridgehead atoms. The fraction of sp³-hybridized carbons (Fsp3) is 0.667. The normalized spacial score (nSPS) is 15.3. The van der Waals surface area contributed by atoms with Gasteiger partial charge in [-0.2, -0.15) is 0 Å². The standard InChI is InChI=1S/2C18H30O.3ClH.Ta/c2*1-16(2,3)12-10-13(17(4,5)6)15(19)14(11-12)18(7,8)9;;;;/h2*10-11,19H,1-9H3;3*1H;/q;;;;;+5/p-5. The van der Waals surface area contributed by atoms with Crippen LogP contribution in [0.2, 0.25) is 0 Å². The van der Waals surface area contributed by atoms with E-state index in [1.54, 1.807) is 0 Å². The van der Waals surface area contributed by atoms with Gasteiger partial charge in [0.15, 0.2) is 0 Å². The molecule has 0 saturated heterocycles. The van der Waals surface area contributed by atoms with Gasteiger partial charge in [0.05, 0.1) is 0 Å². The summed E-state index contributed by atoms with van der Waals surface area (Å²) < 4.78 is 13.6. The summed E-state index contributed by atoms with van der Waals surface area (Å²) in [4.78, 5) is 0. The average molecular weight is 810 g/mol. The van der Waals surface area contributed by atoms with E-state index in [2.05, 4.69) is 149 Å². The summed E-state index contributed by atoms with van der Waals surface area (Å²) in [5.74, 6) is 1.27. The van der Waals surface area contributed by atoms with Crippen LogP contribution in [-0.4, -0.2) is 0 Å². The Morgan fingerprint density at radius 2 is 0.571 bits per heavy atom. The van der Waals surface area contributed by atoms with Crippen molar-refractivity contribution in [1.29, 1.82) is 0 Å². The summed E-state index contributed by atoms with van der Waals surface area (Å²) in [6.45, 7) is 39.5. The molecule has 240 valence electrons.